The number of nitrogens with zero attached hydrogens (tertiary/aromatic N) is 2. The molecule has 4 aromatic rings. The molecule has 2 N–H and O–H groups in total. The lowest BCUT2D eigenvalue weighted by Crippen LogP contribution is -2.18. The van der Waals surface area contributed by atoms with Crippen molar-refractivity contribution in [2.75, 3.05) is 0 Å². The summed E-state index contributed by atoms with van der Waals surface area (Å²) in [6.45, 7) is 3.73. The molecule has 0 unspecified atom stereocenters. The number of halogens is 2. The normalized spacial score (nSPS) is 13.0. The number of nitrogens with one attached hydrogen (secondary N) is 2. The predicted molar refractivity (Wildman–Crippen MR) is 183 cm³/mol. The lowest BCUT2D eigenvalue weighted by atomic mass is 10.0. The number of rotatable bonds is 12. The highest BCUT2D eigenvalue weighted by molar-refractivity contribution is 7.89. The maximum absolute atomic E-state index is 12.8. The predicted octanol–water partition coefficient (Wildman–Crippen LogP) is 7.40. The largest absolute Gasteiger partial charge is 0.276 e. The molecule has 0 aliphatic heterocycles. The molecule has 0 saturated heterocycles. The first-order valence-corrected chi connectivity index (χ1v) is 17.3. The van der Waals surface area contributed by atoms with Gasteiger partial charge < -0.3 is 0 Å². The van der Waals surface area contributed by atoms with Crippen LogP contribution in [0.15, 0.2) is 128 Å². The van der Waals surface area contributed by atoms with Crippen LogP contribution in [-0.2, 0) is 20.0 Å². The average Bonchev–Trinajstić information content (AvgIpc) is 2.99. The zero-order valence-corrected chi connectivity index (χ0v) is 27.5. The minimum absolute atomic E-state index is 0.0739. The van der Waals surface area contributed by atoms with Gasteiger partial charge in [-0.05, 0) is 96.8 Å². The van der Waals surface area contributed by atoms with Gasteiger partial charge in [-0.15, -0.1) is 0 Å². The van der Waals surface area contributed by atoms with Crippen LogP contribution >= 0.6 is 23.2 Å². The molecule has 0 fully saturated rings. The summed E-state index contributed by atoms with van der Waals surface area (Å²) in [4.78, 5) is 4.66. The van der Waals surface area contributed by atoms with Gasteiger partial charge in [0.25, 0.3) is 20.0 Å². The third kappa shape index (κ3) is 10.4. The van der Waals surface area contributed by atoms with Crippen molar-refractivity contribution in [2.45, 2.75) is 30.1 Å². The summed E-state index contributed by atoms with van der Waals surface area (Å²) in [6, 6.07) is 26.9. The molecule has 0 heterocycles. The molecule has 0 aromatic heterocycles. The van der Waals surface area contributed by atoms with E-state index in [0.717, 1.165) is 22.3 Å². The van der Waals surface area contributed by atoms with Gasteiger partial charge in [-0.3, -0.25) is 0 Å². The zero-order chi connectivity index (χ0) is 32.5. The van der Waals surface area contributed by atoms with E-state index in [2.05, 4.69) is 19.9 Å². The Labute approximate surface area is 273 Å². The van der Waals surface area contributed by atoms with Crippen LogP contribution in [0.3, 0.4) is 0 Å². The number of allylic oxidation sites excluding steroid dienone is 2. The van der Waals surface area contributed by atoms with Crippen molar-refractivity contribution in [2.24, 2.45) is 10.2 Å². The van der Waals surface area contributed by atoms with Gasteiger partial charge in [0.1, 0.15) is 0 Å². The quantitative estimate of drug-likeness (QED) is 0.120. The molecular formula is C33H30Cl2N4O4S2. The van der Waals surface area contributed by atoms with Gasteiger partial charge in [-0.25, -0.2) is 9.66 Å². The lowest BCUT2D eigenvalue weighted by Gasteiger charge is -2.08. The van der Waals surface area contributed by atoms with Crippen molar-refractivity contribution < 1.29 is 16.8 Å². The van der Waals surface area contributed by atoms with E-state index >= 15 is 0 Å². The van der Waals surface area contributed by atoms with E-state index in [0.29, 0.717) is 21.2 Å². The third-order valence-corrected chi connectivity index (χ3v) is 9.30. The Hall–Kier alpha value is -4.22. The second-order valence-electron chi connectivity index (χ2n) is 10.1. The van der Waals surface area contributed by atoms with Gasteiger partial charge in [-0.2, -0.15) is 27.0 Å². The van der Waals surface area contributed by atoms with Crippen LogP contribution in [-0.4, -0.2) is 29.3 Å². The molecule has 0 radical (unpaired) electrons. The Morgan fingerprint density at radius 3 is 1.24 bits per heavy atom. The van der Waals surface area contributed by atoms with Crippen LogP contribution < -0.4 is 9.66 Å². The van der Waals surface area contributed by atoms with Gasteiger partial charge in [0.2, 0.25) is 0 Å². The number of benzene rings is 4. The van der Waals surface area contributed by atoms with Crippen molar-refractivity contribution in [1.82, 2.24) is 9.66 Å². The van der Waals surface area contributed by atoms with Crippen molar-refractivity contribution in [3.63, 3.8) is 0 Å². The summed E-state index contributed by atoms with van der Waals surface area (Å²) in [7, 11) is -7.83. The molecule has 8 nitrogen and oxygen atoms in total. The van der Waals surface area contributed by atoms with Gasteiger partial charge in [0.05, 0.1) is 22.2 Å². The summed E-state index contributed by atoms with van der Waals surface area (Å²) >= 11 is 12.1. The number of hydrazone groups is 2. The van der Waals surface area contributed by atoms with Crippen LogP contribution in [0.25, 0.3) is 12.2 Å². The maximum atomic E-state index is 12.8. The average molecular weight is 682 g/mol. The number of hydrogen-bond acceptors (Lipinski definition) is 6. The molecule has 232 valence electrons. The number of aryl methyl sites for hydroxylation is 2. The zero-order valence-electron chi connectivity index (χ0n) is 24.4. The fourth-order valence-corrected chi connectivity index (χ4v) is 5.78. The van der Waals surface area contributed by atoms with Crippen LogP contribution in [0.4, 0.5) is 0 Å². The van der Waals surface area contributed by atoms with Crippen molar-refractivity contribution >= 4 is 67.8 Å². The molecule has 0 aliphatic rings. The maximum Gasteiger partial charge on any atom is 0.276 e. The molecule has 45 heavy (non-hydrogen) atoms. The molecule has 0 bridgehead atoms. The van der Waals surface area contributed by atoms with Crippen LogP contribution in [0, 0.1) is 13.8 Å². The molecule has 0 saturated carbocycles. The van der Waals surface area contributed by atoms with Gasteiger partial charge in [0.15, 0.2) is 0 Å². The van der Waals surface area contributed by atoms with Crippen LogP contribution in [0.2, 0.25) is 10.0 Å². The highest BCUT2D eigenvalue weighted by Crippen LogP contribution is 2.20. The summed E-state index contributed by atoms with van der Waals surface area (Å²) < 4.78 is 51.3. The first-order chi connectivity index (χ1) is 21.4. The summed E-state index contributed by atoms with van der Waals surface area (Å²) in [5, 5.41) is 9.19. The fourth-order valence-electron chi connectivity index (χ4n) is 3.95. The monoisotopic (exact) mass is 680 g/mol. The van der Waals surface area contributed by atoms with E-state index < -0.39 is 20.0 Å². The highest BCUT2D eigenvalue weighted by atomic mass is 35.5. The Kier molecular flexibility index (Phi) is 11.4. The summed E-state index contributed by atoms with van der Waals surface area (Å²) in [5.74, 6) is 0. The van der Waals surface area contributed by atoms with Crippen molar-refractivity contribution in [3.8, 4) is 0 Å². The minimum atomic E-state index is -3.91. The minimum Gasteiger partial charge on any atom is -0.200 e. The third-order valence-electron chi connectivity index (χ3n) is 6.32. The first-order valence-electron chi connectivity index (χ1n) is 13.5. The Morgan fingerprint density at radius 1 is 0.578 bits per heavy atom. The second-order valence-corrected chi connectivity index (χ2v) is 14.2. The molecule has 4 rings (SSSR count). The Balaban J connectivity index is 1.66. The van der Waals surface area contributed by atoms with Gasteiger partial charge >= 0.3 is 0 Å². The standard InChI is InChI=1S/C33H30Cl2N4O4S2/c1-24-3-15-32(16-4-24)44(40,41)38-36-22-28(19-26-7-11-30(34)12-8-26)21-29(20-27-9-13-31(35)14-10-27)23-37-39-45(42,43)33-17-5-25(2)6-18-33/h3-20,22-23,38-39H,21H2,1-2H3/b28-19+,29-20+,36-22+,37-23+. The van der Waals surface area contributed by atoms with E-state index in [1.807, 2.05) is 13.8 Å². The molecule has 0 spiro atoms. The molecular weight excluding hydrogens is 651 g/mol. The molecule has 0 atom stereocenters. The Bertz CT molecular complexity index is 1810. The topological polar surface area (TPSA) is 117 Å². The van der Waals surface area contributed by atoms with Crippen molar-refractivity contribution in [3.05, 3.63) is 141 Å². The summed E-state index contributed by atoms with van der Waals surface area (Å²) in [6.07, 6.45) is 6.58. The van der Waals surface area contributed by atoms with Gasteiger partial charge in [-0.1, -0.05) is 82.9 Å². The Morgan fingerprint density at radius 2 is 0.911 bits per heavy atom. The first kappa shape index (κ1) is 33.7. The van der Waals surface area contributed by atoms with E-state index in [1.165, 1.54) is 36.7 Å². The van der Waals surface area contributed by atoms with Crippen molar-refractivity contribution in [1.29, 1.82) is 0 Å². The summed E-state index contributed by atoms with van der Waals surface area (Å²) in [5.41, 5.74) is 4.58. The lowest BCUT2D eigenvalue weighted by molar-refractivity contribution is 0.583. The highest BCUT2D eigenvalue weighted by Gasteiger charge is 2.13. The SMILES string of the molecule is Cc1ccc(S(=O)(=O)N/N=C/C(=C/c2ccc(Cl)cc2)CC(/C=N/NS(=O)(=O)c2ccc(C)cc2)=C\c2ccc(Cl)cc2)cc1. The fraction of sp³-hybridized carbons (Fsp3) is 0.0909. The van der Waals surface area contributed by atoms with Crippen LogP contribution in [0.5, 0.6) is 0 Å². The van der Waals surface area contributed by atoms with Gasteiger partial charge in [0, 0.05) is 16.5 Å². The van der Waals surface area contributed by atoms with E-state index in [-0.39, 0.29) is 16.2 Å². The molecule has 0 amide bonds. The van der Waals surface area contributed by atoms with Crippen LogP contribution in [0.1, 0.15) is 28.7 Å². The molecule has 4 aromatic carbocycles. The number of hydrogen-bond donors (Lipinski definition) is 2. The second kappa shape index (κ2) is 15.2. The molecule has 12 heteroatoms. The smallest absolute Gasteiger partial charge is 0.200 e. The van der Waals surface area contributed by atoms with E-state index in [9.17, 15) is 16.8 Å². The van der Waals surface area contributed by atoms with E-state index in [4.69, 9.17) is 23.2 Å². The molecule has 0 aliphatic carbocycles. The van der Waals surface area contributed by atoms with E-state index in [1.54, 1.807) is 84.9 Å². The number of sulfonamides is 2.